The van der Waals surface area contributed by atoms with E-state index in [2.05, 4.69) is 0 Å². The minimum atomic E-state index is -1.79. The van der Waals surface area contributed by atoms with Gasteiger partial charge in [-0.15, -0.1) is 0 Å². The highest BCUT2D eigenvalue weighted by molar-refractivity contribution is 6.18. The first kappa shape index (κ1) is 23.5. The van der Waals surface area contributed by atoms with Crippen LogP contribution in [0.15, 0.2) is 59.4 Å². The molecule has 2 aliphatic heterocycles. The summed E-state index contributed by atoms with van der Waals surface area (Å²) in [5.41, 5.74) is 1.43. The number of nitrogens with one attached hydrogen (secondary N) is 1. The Kier molecular flexibility index (Phi) is 5.54. The van der Waals surface area contributed by atoms with Crippen LogP contribution in [0.4, 0.5) is 5.69 Å². The Bertz CT molecular complexity index is 1490. The van der Waals surface area contributed by atoms with Crippen molar-refractivity contribution < 1.29 is 19.1 Å². The largest absolute Gasteiger partial charge is 0.465 e. The summed E-state index contributed by atoms with van der Waals surface area (Å²) < 4.78 is 12.5. The van der Waals surface area contributed by atoms with Gasteiger partial charge in [0.05, 0.1) is 18.7 Å². The molecule has 3 aromatic rings. The van der Waals surface area contributed by atoms with Crippen LogP contribution in [0.3, 0.4) is 0 Å². The highest BCUT2D eigenvalue weighted by atomic mass is 16.5. The van der Waals surface area contributed by atoms with Crippen LogP contribution in [0.1, 0.15) is 34.9 Å². The number of para-hydroxylation sites is 1. The lowest BCUT2D eigenvalue weighted by molar-refractivity contribution is -0.150. The summed E-state index contributed by atoms with van der Waals surface area (Å²) >= 11 is 0. The molecule has 2 aromatic carbocycles. The molecule has 36 heavy (non-hydrogen) atoms. The quantitative estimate of drug-likeness (QED) is 0.571. The summed E-state index contributed by atoms with van der Waals surface area (Å²) in [6.45, 7) is 5.67. The maximum Gasteiger partial charge on any atom is 0.320 e. The molecule has 2 unspecified atom stereocenters. The molecule has 0 saturated heterocycles. The Balaban J connectivity index is 1.84. The molecule has 5 rings (SSSR count). The third kappa shape index (κ3) is 3.21. The van der Waals surface area contributed by atoms with Crippen molar-refractivity contribution in [2.75, 3.05) is 11.5 Å². The number of carbonyl (C=O) groups is 2. The summed E-state index contributed by atoms with van der Waals surface area (Å²) in [7, 11) is 1.61. The molecule has 0 aliphatic carbocycles. The molecular weight excluding hydrogens is 458 g/mol. The molecule has 1 spiro atoms. The summed E-state index contributed by atoms with van der Waals surface area (Å²) in [5, 5.41) is 8.71. The van der Waals surface area contributed by atoms with Crippen molar-refractivity contribution >= 4 is 23.5 Å². The number of pyridine rings is 1. The van der Waals surface area contributed by atoms with E-state index in [4.69, 9.17) is 14.9 Å². The number of aryl methyl sites for hydroxylation is 2. The van der Waals surface area contributed by atoms with Crippen LogP contribution in [0.25, 0.3) is 0 Å². The lowest BCUT2D eigenvalue weighted by Gasteiger charge is -2.39. The number of aromatic nitrogens is 1. The maximum atomic E-state index is 14.6. The second kappa shape index (κ2) is 8.48. The predicted octanol–water partition coefficient (Wildman–Crippen LogP) is 3.38. The summed E-state index contributed by atoms with van der Waals surface area (Å²) in [6.07, 6.45) is 0. The molecule has 3 heterocycles. The van der Waals surface area contributed by atoms with Crippen LogP contribution in [-0.2, 0) is 33.3 Å². The highest BCUT2D eigenvalue weighted by Crippen LogP contribution is 2.55. The zero-order chi connectivity index (χ0) is 25.8. The molecule has 0 saturated carbocycles. The fraction of sp³-hybridized carbons (Fsp3) is 0.286. The number of carbonyl (C=O) groups excluding carboxylic acids is 2. The lowest BCUT2D eigenvalue weighted by atomic mass is 9.64. The third-order valence-corrected chi connectivity index (χ3v) is 7.09. The number of amides is 1. The van der Waals surface area contributed by atoms with Gasteiger partial charge in [0.15, 0.2) is 5.92 Å². The Hall–Kier alpha value is -4.20. The minimum absolute atomic E-state index is 0.0499. The number of benzene rings is 2. The first-order valence-electron chi connectivity index (χ1n) is 11.8. The second-order valence-electron chi connectivity index (χ2n) is 9.25. The van der Waals surface area contributed by atoms with E-state index in [1.54, 1.807) is 50.1 Å². The number of esters is 1. The van der Waals surface area contributed by atoms with Gasteiger partial charge in [-0.05, 0) is 38.0 Å². The van der Waals surface area contributed by atoms with E-state index in [1.165, 1.54) is 4.57 Å². The monoisotopic (exact) mass is 485 g/mol. The second-order valence-corrected chi connectivity index (χ2v) is 9.25. The van der Waals surface area contributed by atoms with Crippen LogP contribution < -0.4 is 15.2 Å². The van der Waals surface area contributed by atoms with Crippen molar-refractivity contribution in [1.29, 1.82) is 5.41 Å². The van der Waals surface area contributed by atoms with Crippen molar-refractivity contribution in [3.63, 3.8) is 0 Å². The molecule has 1 aromatic heterocycles. The molecule has 0 fully saturated rings. The number of hydrogen-bond donors (Lipinski definition) is 1. The van der Waals surface area contributed by atoms with Gasteiger partial charge in [0, 0.05) is 24.5 Å². The zero-order valence-electron chi connectivity index (χ0n) is 20.6. The van der Waals surface area contributed by atoms with Gasteiger partial charge in [-0.25, -0.2) is 0 Å². The number of hydrogen-bond acceptors (Lipinski definition) is 6. The predicted molar refractivity (Wildman–Crippen MR) is 134 cm³/mol. The molecule has 1 N–H and O–H groups in total. The molecule has 8 heteroatoms. The Morgan fingerprint density at radius 3 is 2.58 bits per heavy atom. The Labute approximate surface area is 208 Å². The topological polar surface area (TPSA) is 102 Å². The number of ether oxygens (including phenoxy) is 2. The van der Waals surface area contributed by atoms with E-state index < -0.39 is 34.7 Å². The molecule has 184 valence electrons. The van der Waals surface area contributed by atoms with E-state index in [9.17, 15) is 14.4 Å². The van der Waals surface area contributed by atoms with Gasteiger partial charge in [-0.1, -0.05) is 48.0 Å². The first-order chi connectivity index (χ1) is 17.2. The van der Waals surface area contributed by atoms with Crippen LogP contribution in [0, 0.1) is 25.2 Å². The standard InChI is InChI=1S/C28H27N3O5/c1-5-35-26(33)23-24(29)36-21-14-17(3)30(4)25(32)22(21)28(23)19-11-6-7-12-20(19)31(27(28)34)15-18-10-8-9-16(2)13-18/h6-14,23,29H,5,15H2,1-4H3. The molecule has 1 amide bonds. The number of fused-ring (bicyclic) bond motifs is 4. The van der Waals surface area contributed by atoms with Gasteiger partial charge in [-0.2, -0.15) is 0 Å². The molecular formula is C28H27N3O5. The van der Waals surface area contributed by atoms with Crippen molar-refractivity contribution in [1.82, 2.24) is 4.57 Å². The number of rotatable bonds is 4. The van der Waals surface area contributed by atoms with Crippen molar-refractivity contribution in [2.45, 2.75) is 32.7 Å². The van der Waals surface area contributed by atoms with Gasteiger partial charge in [0.2, 0.25) is 11.8 Å². The molecule has 2 aliphatic rings. The van der Waals surface area contributed by atoms with E-state index in [-0.39, 0.29) is 24.5 Å². The molecule has 2 atom stereocenters. The number of nitrogens with zero attached hydrogens (tertiary/aromatic N) is 2. The Morgan fingerprint density at radius 1 is 1.11 bits per heavy atom. The van der Waals surface area contributed by atoms with Gasteiger partial charge < -0.3 is 18.9 Å². The summed E-state index contributed by atoms with van der Waals surface area (Å²) in [4.78, 5) is 43.4. The van der Waals surface area contributed by atoms with Gasteiger partial charge in [0.1, 0.15) is 11.2 Å². The van der Waals surface area contributed by atoms with E-state index in [0.29, 0.717) is 16.9 Å². The van der Waals surface area contributed by atoms with Crippen molar-refractivity contribution in [2.24, 2.45) is 13.0 Å². The molecule has 8 nitrogen and oxygen atoms in total. The van der Waals surface area contributed by atoms with E-state index in [0.717, 1.165) is 11.1 Å². The normalized spacial score (nSPS) is 20.2. The van der Waals surface area contributed by atoms with E-state index >= 15 is 0 Å². The minimum Gasteiger partial charge on any atom is -0.465 e. The zero-order valence-corrected chi connectivity index (χ0v) is 20.6. The smallest absolute Gasteiger partial charge is 0.320 e. The highest BCUT2D eigenvalue weighted by Gasteiger charge is 2.66. The fourth-order valence-corrected chi connectivity index (χ4v) is 5.41. The SMILES string of the molecule is CCOC(=O)C1C(=N)Oc2cc(C)n(C)c(=O)c2C12C(=O)N(Cc1cccc(C)c1)c1ccccc12. The van der Waals surface area contributed by atoms with Gasteiger partial charge in [0.25, 0.3) is 5.56 Å². The van der Waals surface area contributed by atoms with Crippen LogP contribution in [-0.4, -0.2) is 28.9 Å². The van der Waals surface area contributed by atoms with Crippen molar-refractivity contribution in [3.8, 4) is 5.75 Å². The molecule has 0 radical (unpaired) electrons. The van der Waals surface area contributed by atoms with Gasteiger partial charge >= 0.3 is 5.97 Å². The van der Waals surface area contributed by atoms with Crippen molar-refractivity contribution in [3.05, 3.63) is 92.9 Å². The molecule has 0 bridgehead atoms. The first-order valence-corrected chi connectivity index (χ1v) is 11.8. The average Bonchev–Trinajstić information content (AvgIpc) is 3.06. The lowest BCUT2D eigenvalue weighted by Crippen LogP contribution is -2.58. The Morgan fingerprint density at radius 2 is 1.86 bits per heavy atom. The summed E-state index contributed by atoms with van der Waals surface area (Å²) in [5.74, 6) is -3.00. The maximum absolute atomic E-state index is 14.6. The number of anilines is 1. The third-order valence-electron chi connectivity index (χ3n) is 7.09. The van der Waals surface area contributed by atoms with Crippen LogP contribution in [0.2, 0.25) is 0 Å². The fourth-order valence-electron chi connectivity index (χ4n) is 5.41. The van der Waals surface area contributed by atoms with Gasteiger partial charge in [-0.3, -0.25) is 19.8 Å². The van der Waals surface area contributed by atoms with Crippen LogP contribution in [0.5, 0.6) is 5.75 Å². The average molecular weight is 486 g/mol. The summed E-state index contributed by atoms with van der Waals surface area (Å²) in [6, 6.07) is 16.6. The van der Waals surface area contributed by atoms with E-state index in [1.807, 2.05) is 37.3 Å². The van der Waals surface area contributed by atoms with Crippen LogP contribution >= 0.6 is 0 Å².